The molecular weight excluding hydrogens is 128 g/mol. The van der Waals surface area contributed by atoms with E-state index in [0.29, 0.717) is 12.8 Å². The van der Waals surface area contributed by atoms with Gasteiger partial charge in [0.1, 0.15) is 0 Å². The van der Waals surface area contributed by atoms with Crippen molar-refractivity contribution in [3.8, 4) is 0 Å². The minimum absolute atomic E-state index is 0.509. The van der Waals surface area contributed by atoms with Crippen molar-refractivity contribution >= 4 is 0 Å². The molecule has 0 aromatic rings. The standard InChI is InChI=1S/C8H14O2/c9-7-5-3-1-2-4-6-8(7)10/h1-2,7-10H,3-6H2/b2-1-/t7-,8-/m1/s1. The van der Waals surface area contributed by atoms with Crippen molar-refractivity contribution in [2.45, 2.75) is 37.9 Å². The van der Waals surface area contributed by atoms with E-state index in [-0.39, 0.29) is 0 Å². The highest BCUT2D eigenvalue weighted by Crippen LogP contribution is 2.12. The maximum absolute atomic E-state index is 9.20. The molecule has 2 atom stereocenters. The Morgan fingerprint density at radius 3 is 1.70 bits per heavy atom. The molecule has 0 unspecified atom stereocenters. The van der Waals surface area contributed by atoms with Crippen molar-refractivity contribution < 1.29 is 10.2 Å². The summed E-state index contributed by atoms with van der Waals surface area (Å²) in [5, 5.41) is 18.4. The molecule has 0 saturated heterocycles. The zero-order valence-electron chi connectivity index (χ0n) is 6.03. The van der Waals surface area contributed by atoms with Gasteiger partial charge in [0.2, 0.25) is 0 Å². The van der Waals surface area contributed by atoms with Crippen LogP contribution in [-0.4, -0.2) is 22.4 Å². The Kier molecular flexibility index (Phi) is 2.90. The second-order valence-corrected chi connectivity index (χ2v) is 2.76. The second kappa shape index (κ2) is 3.74. The van der Waals surface area contributed by atoms with Gasteiger partial charge in [0.25, 0.3) is 0 Å². The zero-order chi connectivity index (χ0) is 7.40. The Hall–Kier alpha value is -0.340. The summed E-state index contributed by atoms with van der Waals surface area (Å²) in [5.41, 5.74) is 0. The summed E-state index contributed by atoms with van der Waals surface area (Å²) >= 11 is 0. The molecule has 0 amide bonds. The summed E-state index contributed by atoms with van der Waals surface area (Å²) in [5.74, 6) is 0. The minimum Gasteiger partial charge on any atom is -0.390 e. The predicted octanol–water partition coefficient (Wildman–Crippen LogP) is 0.838. The molecule has 0 aromatic carbocycles. The number of hydrogen-bond donors (Lipinski definition) is 2. The van der Waals surface area contributed by atoms with Gasteiger partial charge in [-0.05, 0) is 25.7 Å². The highest BCUT2D eigenvalue weighted by Gasteiger charge is 2.15. The largest absolute Gasteiger partial charge is 0.390 e. The molecule has 0 aromatic heterocycles. The Balaban J connectivity index is 2.40. The lowest BCUT2D eigenvalue weighted by Crippen LogP contribution is -2.25. The lowest BCUT2D eigenvalue weighted by Gasteiger charge is -2.17. The Labute approximate surface area is 61.2 Å². The molecule has 1 aliphatic carbocycles. The van der Waals surface area contributed by atoms with Gasteiger partial charge in [0.15, 0.2) is 0 Å². The summed E-state index contributed by atoms with van der Waals surface area (Å²) in [6.07, 6.45) is 6.27. The first kappa shape index (κ1) is 7.76. The van der Waals surface area contributed by atoms with Crippen LogP contribution < -0.4 is 0 Å². The summed E-state index contributed by atoms with van der Waals surface area (Å²) in [7, 11) is 0. The molecule has 0 bridgehead atoms. The van der Waals surface area contributed by atoms with Crippen LogP contribution in [0.25, 0.3) is 0 Å². The van der Waals surface area contributed by atoms with Crippen molar-refractivity contribution in [3.05, 3.63) is 12.2 Å². The number of aliphatic hydroxyl groups excluding tert-OH is 2. The minimum atomic E-state index is -0.509. The van der Waals surface area contributed by atoms with Crippen LogP contribution in [-0.2, 0) is 0 Å². The molecule has 2 nitrogen and oxygen atoms in total. The third kappa shape index (κ3) is 2.12. The molecule has 0 spiro atoms. The lowest BCUT2D eigenvalue weighted by molar-refractivity contribution is 0.0101. The Morgan fingerprint density at radius 1 is 0.900 bits per heavy atom. The molecule has 0 saturated carbocycles. The van der Waals surface area contributed by atoms with E-state index in [1.807, 2.05) is 0 Å². The fraction of sp³-hybridized carbons (Fsp3) is 0.750. The van der Waals surface area contributed by atoms with E-state index in [4.69, 9.17) is 0 Å². The van der Waals surface area contributed by atoms with Crippen LogP contribution in [0.5, 0.6) is 0 Å². The second-order valence-electron chi connectivity index (χ2n) is 2.76. The van der Waals surface area contributed by atoms with Gasteiger partial charge < -0.3 is 10.2 Å². The van der Waals surface area contributed by atoms with E-state index in [1.165, 1.54) is 0 Å². The summed E-state index contributed by atoms with van der Waals surface area (Å²) in [6.45, 7) is 0. The SMILES string of the molecule is O[C@@H]1CC/C=C\CC[C@H]1O. The molecule has 0 heterocycles. The molecule has 2 N–H and O–H groups in total. The van der Waals surface area contributed by atoms with Gasteiger partial charge in [-0.15, -0.1) is 0 Å². The average Bonchev–Trinajstić information content (AvgIpc) is 1.92. The lowest BCUT2D eigenvalue weighted by atomic mass is 10.0. The fourth-order valence-electron chi connectivity index (χ4n) is 1.15. The van der Waals surface area contributed by atoms with Gasteiger partial charge in [-0.2, -0.15) is 0 Å². The summed E-state index contributed by atoms with van der Waals surface area (Å²) in [4.78, 5) is 0. The van der Waals surface area contributed by atoms with Crippen LogP contribution in [0.4, 0.5) is 0 Å². The van der Waals surface area contributed by atoms with Crippen molar-refractivity contribution in [2.75, 3.05) is 0 Å². The maximum atomic E-state index is 9.20. The number of rotatable bonds is 0. The van der Waals surface area contributed by atoms with E-state index in [1.54, 1.807) is 0 Å². The average molecular weight is 142 g/mol. The molecule has 0 aliphatic heterocycles. The van der Waals surface area contributed by atoms with Crippen molar-refractivity contribution in [3.63, 3.8) is 0 Å². The van der Waals surface area contributed by atoms with Crippen LogP contribution in [0.2, 0.25) is 0 Å². The van der Waals surface area contributed by atoms with Crippen molar-refractivity contribution in [1.29, 1.82) is 0 Å². The first-order chi connectivity index (χ1) is 4.80. The van der Waals surface area contributed by atoms with E-state index in [9.17, 15) is 10.2 Å². The topological polar surface area (TPSA) is 40.5 Å². The van der Waals surface area contributed by atoms with E-state index >= 15 is 0 Å². The Bertz CT molecular complexity index is 106. The quantitative estimate of drug-likeness (QED) is 0.492. The molecule has 58 valence electrons. The van der Waals surface area contributed by atoms with E-state index < -0.39 is 12.2 Å². The highest BCUT2D eigenvalue weighted by atomic mass is 16.3. The predicted molar refractivity (Wildman–Crippen MR) is 39.6 cm³/mol. The van der Waals surface area contributed by atoms with Crippen LogP contribution in [0.15, 0.2) is 12.2 Å². The third-order valence-corrected chi connectivity index (χ3v) is 1.87. The molecule has 10 heavy (non-hydrogen) atoms. The van der Waals surface area contributed by atoms with Crippen LogP contribution in [0.1, 0.15) is 25.7 Å². The van der Waals surface area contributed by atoms with Crippen molar-refractivity contribution in [1.82, 2.24) is 0 Å². The Morgan fingerprint density at radius 2 is 1.30 bits per heavy atom. The molecule has 1 rings (SSSR count). The summed E-state index contributed by atoms with van der Waals surface area (Å²) in [6, 6.07) is 0. The van der Waals surface area contributed by atoms with Crippen LogP contribution in [0, 0.1) is 0 Å². The monoisotopic (exact) mass is 142 g/mol. The maximum Gasteiger partial charge on any atom is 0.0802 e. The number of aliphatic hydroxyl groups is 2. The van der Waals surface area contributed by atoms with Gasteiger partial charge in [-0.1, -0.05) is 12.2 Å². The van der Waals surface area contributed by atoms with E-state index in [0.717, 1.165) is 12.8 Å². The smallest absolute Gasteiger partial charge is 0.0802 e. The van der Waals surface area contributed by atoms with Gasteiger partial charge in [0.05, 0.1) is 12.2 Å². The molecule has 0 radical (unpaired) electrons. The molecule has 0 fully saturated rings. The van der Waals surface area contributed by atoms with Gasteiger partial charge in [0, 0.05) is 0 Å². The zero-order valence-corrected chi connectivity index (χ0v) is 6.03. The van der Waals surface area contributed by atoms with Crippen molar-refractivity contribution in [2.24, 2.45) is 0 Å². The first-order valence-electron chi connectivity index (χ1n) is 3.82. The van der Waals surface area contributed by atoms with E-state index in [2.05, 4.69) is 12.2 Å². The van der Waals surface area contributed by atoms with Gasteiger partial charge in [-0.3, -0.25) is 0 Å². The fourth-order valence-corrected chi connectivity index (χ4v) is 1.15. The summed E-state index contributed by atoms with van der Waals surface area (Å²) < 4.78 is 0. The first-order valence-corrected chi connectivity index (χ1v) is 3.82. The molecular formula is C8H14O2. The highest BCUT2D eigenvalue weighted by molar-refractivity contribution is 4.87. The number of allylic oxidation sites excluding steroid dienone is 2. The van der Waals surface area contributed by atoms with Crippen LogP contribution in [0.3, 0.4) is 0 Å². The molecule has 1 aliphatic rings. The third-order valence-electron chi connectivity index (χ3n) is 1.87. The number of hydrogen-bond acceptors (Lipinski definition) is 2. The van der Waals surface area contributed by atoms with Gasteiger partial charge in [-0.25, -0.2) is 0 Å². The van der Waals surface area contributed by atoms with Gasteiger partial charge >= 0.3 is 0 Å². The normalized spacial score (nSPS) is 38.2. The van der Waals surface area contributed by atoms with Crippen LogP contribution >= 0.6 is 0 Å². The molecule has 2 heteroatoms.